The van der Waals surface area contributed by atoms with Crippen molar-refractivity contribution in [2.75, 3.05) is 13.2 Å². The lowest BCUT2D eigenvalue weighted by atomic mass is 10.0. The van der Waals surface area contributed by atoms with Gasteiger partial charge >= 0.3 is 0 Å². The first-order chi connectivity index (χ1) is 10.2. The Hall–Kier alpha value is -1.30. The summed E-state index contributed by atoms with van der Waals surface area (Å²) >= 11 is 1.76. The van der Waals surface area contributed by atoms with Crippen molar-refractivity contribution in [3.8, 4) is 0 Å². The van der Waals surface area contributed by atoms with Gasteiger partial charge in [0.05, 0.1) is 5.01 Å². The Morgan fingerprint density at radius 1 is 1.29 bits per heavy atom. The highest BCUT2D eigenvalue weighted by atomic mass is 32.1. The number of pyridine rings is 1. The molecule has 0 saturated carbocycles. The van der Waals surface area contributed by atoms with Crippen molar-refractivity contribution in [1.82, 2.24) is 15.3 Å². The SMILES string of the molecule is CC(C)c1ncc(CNCC(CO)Cc2ccccn2)s1. The number of hydrogen-bond donors (Lipinski definition) is 2. The number of hydrogen-bond acceptors (Lipinski definition) is 5. The average Bonchev–Trinajstić information content (AvgIpc) is 2.96. The van der Waals surface area contributed by atoms with Crippen LogP contribution in [0.2, 0.25) is 0 Å². The van der Waals surface area contributed by atoms with Crippen LogP contribution < -0.4 is 5.32 Å². The molecule has 0 aliphatic carbocycles. The summed E-state index contributed by atoms with van der Waals surface area (Å²) < 4.78 is 0. The van der Waals surface area contributed by atoms with Crippen molar-refractivity contribution in [1.29, 1.82) is 0 Å². The second-order valence-corrected chi connectivity index (χ2v) is 6.67. The van der Waals surface area contributed by atoms with Gasteiger partial charge in [0.2, 0.25) is 0 Å². The maximum absolute atomic E-state index is 9.48. The standard InChI is InChI=1S/C16H23N3OS/c1-12(2)16-19-10-15(21-16)9-17-8-13(11-20)7-14-5-3-4-6-18-14/h3-6,10,12-13,17,20H,7-9,11H2,1-2H3. The first-order valence-electron chi connectivity index (χ1n) is 7.35. The van der Waals surface area contributed by atoms with Gasteiger partial charge in [0.1, 0.15) is 0 Å². The maximum Gasteiger partial charge on any atom is 0.0953 e. The summed E-state index contributed by atoms with van der Waals surface area (Å²) in [5.41, 5.74) is 1.03. The molecule has 2 heterocycles. The highest BCUT2D eigenvalue weighted by Crippen LogP contribution is 2.20. The summed E-state index contributed by atoms with van der Waals surface area (Å²) in [4.78, 5) is 9.97. The first-order valence-corrected chi connectivity index (χ1v) is 8.16. The monoisotopic (exact) mass is 305 g/mol. The van der Waals surface area contributed by atoms with Crippen molar-refractivity contribution in [3.05, 3.63) is 46.2 Å². The Balaban J connectivity index is 1.77. The molecule has 1 atom stereocenters. The Bertz CT molecular complexity index is 527. The van der Waals surface area contributed by atoms with Crippen LogP contribution >= 0.6 is 11.3 Å². The van der Waals surface area contributed by atoms with Gasteiger partial charge in [0.25, 0.3) is 0 Å². The molecule has 0 aliphatic rings. The van der Waals surface area contributed by atoms with Crippen molar-refractivity contribution in [2.24, 2.45) is 5.92 Å². The minimum Gasteiger partial charge on any atom is -0.396 e. The van der Waals surface area contributed by atoms with E-state index in [2.05, 4.69) is 29.1 Å². The van der Waals surface area contributed by atoms with Crippen LogP contribution in [0.1, 0.15) is 35.3 Å². The van der Waals surface area contributed by atoms with Gasteiger partial charge in [-0.25, -0.2) is 4.98 Å². The van der Waals surface area contributed by atoms with Gasteiger partial charge < -0.3 is 10.4 Å². The molecule has 0 radical (unpaired) electrons. The summed E-state index contributed by atoms with van der Waals surface area (Å²) in [6.45, 7) is 6.07. The second-order valence-electron chi connectivity index (χ2n) is 5.52. The average molecular weight is 305 g/mol. The van der Waals surface area contributed by atoms with E-state index in [0.717, 1.165) is 25.2 Å². The van der Waals surface area contributed by atoms with Crippen molar-refractivity contribution >= 4 is 11.3 Å². The Morgan fingerprint density at radius 2 is 2.14 bits per heavy atom. The molecule has 1 unspecified atom stereocenters. The predicted molar refractivity (Wildman–Crippen MR) is 86.4 cm³/mol. The molecule has 0 bridgehead atoms. The van der Waals surface area contributed by atoms with Gasteiger partial charge in [-0.3, -0.25) is 4.98 Å². The van der Waals surface area contributed by atoms with Crippen LogP contribution in [0.15, 0.2) is 30.6 Å². The molecular formula is C16H23N3OS. The van der Waals surface area contributed by atoms with E-state index >= 15 is 0 Å². The van der Waals surface area contributed by atoms with Gasteiger partial charge in [0.15, 0.2) is 0 Å². The van der Waals surface area contributed by atoms with E-state index in [0.29, 0.717) is 5.92 Å². The number of nitrogens with one attached hydrogen (secondary N) is 1. The third-order valence-electron chi connectivity index (χ3n) is 3.28. The summed E-state index contributed by atoms with van der Waals surface area (Å²) in [5.74, 6) is 0.676. The van der Waals surface area contributed by atoms with Gasteiger partial charge in [0, 0.05) is 48.6 Å². The van der Waals surface area contributed by atoms with E-state index in [1.807, 2.05) is 24.4 Å². The molecule has 0 aliphatic heterocycles. The van der Waals surface area contributed by atoms with Crippen LogP contribution in [-0.2, 0) is 13.0 Å². The Labute approximate surface area is 130 Å². The number of thiazole rings is 1. The molecule has 2 N–H and O–H groups in total. The molecule has 4 nitrogen and oxygen atoms in total. The lowest BCUT2D eigenvalue weighted by Gasteiger charge is -2.14. The molecule has 0 saturated heterocycles. The van der Waals surface area contributed by atoms with Crippen LogP contribution in [0.4, 0.5) is 0 Å². The first kappa shape index (κ1) is 16.1. The van der Waals surface area contributed by atoms with Gasteiger partial charge in [-0.05, 0) is 24.5 Å². The highest BCUT2D eigenvalue weighted by Gasteiger charge is 2.10. The molecular weight excluding hydrogens is 282 g/mol. The zero-order valence-corrected chi connectivity index (χ0v) is 13.4. The van der Waals surface area contributed by atoms with E-state index < -0.39 is 0 Å². The fraction of sp³-hybridized carbons (Fsp3) is 0.500. The second kappa shape index (κ2) is 8.22. The number of aliphatic hydroxyl groups is 1. The van der Waals surface area contributed by atoms with Gasteiger partial charge in [-0.15, -0.1) is 11.3 Å². The molecule has 5 heteroatoms. The summed E-state index contributed by atoms with van der Waals surface area (Å²) in [6, 6.07) is 5.89. The topological polar surface area (TPSA) is 58.0 Å². The maximum atomic E-state index is 9.48. The summed E-state index contributed by atoms with van der Waals surface area (Å²) in [6.07, 6.45) is 4.53. The lowest BCUT2D eigenvalue weighted by Crippen LogP contribution is -2.26. The third kappa shape index (κ3) is 5.19. The predicted octanol–water partition coefficient (Wildman–Crippen LogP) is 2.60. The number of nitrogens with zero attached hydrogens (tertiary/aromatic N) is 2. The summed E-state index contributed by atoms with van der Waals surface area (Å²) in [7, 11) is 0. The van der Waals surface area contributed by atoms with Crippen LogP contribution in [0.3, 0.4) is 0 Å². The Morgan fingerprint density at radius 3 is 2.76 bits per heavy atom. The van der Waals surface area contributed by atoms with Crippen LogP contribution in [0, 0.1) is 5.92 Å². The van der Waals surface area contributed by atoms with E-state index in [9.17, 15) is 5.11 Å². The molecule has 21 heavy (non-hydrogen) atoms. The Kier molecular flexibility index (Phi) is 6.29. The smallest absolute Gasteiger partial charge is 0.0953 e. The van der Waals surface area contributed by atoms with E-state index in [1.54, 1.807) is 17.5 Å². The van der Waals surface area contributed by atoms with Crippen molar-refractivity contribution in [2.45, 2.75) is 32.7 Å². The minimum absolute atomic E-state index is 0.170. The molecule has 114 valence electrons. The van der Waals surface area contributed by atoms with Crippen molar-refractivity contribution < 1.29 is 5.11 Å². The van der Waals surface area contributed by atoms with E-state index in [-0.39, 0.29) is 12.5 Å². The largest absolute Gasteiger partial charge is 0.396 e. The molecule has 0 spiro atoms. The molecule has 2 aromatic heterocycles. The lowest BCUT2D eigenvalue weighted by molar-refractivity contribution is 0.221. The minimum atomic E-state index is 0.170. The normalized spacial score (nSPS) is 12.8. The molecule has 0 aromatic carbocycles. The molecule has 2 rings (SSSR count). The fourth-order valence-electron chi connectivity index (χ4n) is 2.09. The van der Waals surface area contributed by atoms with Crippen molar-refractivity contribution in [3.63, 3.8) is 0 Å². The quantitative estimate of drug-likeness (QED) is 0.787. The van der Waals surface area contributed by atoms with Gasteiger partial charge in [-0.2, -0.15) is 0 Å². The fourth-order valence-corrected chi connectivity index (χ4v) is 2.98. The van der Waals surface area contributed by atoms with Gasteiger partial charge in [-0.1, -0.05) is 19.9 Å². The van der Waals surface area contributed by atoms with Crippen LogP contribution in [-0.4, -0.2) is 28.2 Å². The van der Waals surface area contributed by atoms with Crippen LogP contribution in [0.25, 0.3) is 0 Å². The zero-order valence-electron chi connectivity index (χ0n) is 12.6. The number of aliphatic hydroxyl groups excluding tert-OH is 1. The number of rotatable bonds is 8. The summed E-state index contributed by atoms with van der Waals surface area (Å²) in [5, 5.41) is 14.1. The molecule has 0 amide bonds. The number of aromatic nitrogens is 2. The molecule has 0 fully saturated rings. The van der Waals surface area contributed by atoms with Crippen LogP contribution in [0.5, 0.6) is 0 Å². The van der Waals surface area contributed by atoms with E-state index in [1.165, 1.54) is 9.88 Å². The molecule has 2 aromatic rings. The van der Waals surface area contributed by atoms with E-state index in [4.69, 9.17) is 0 Å². The highest BCUT2D eigenvalue weighted by molar-refractivity contribution is 7.11. The third-order valence-corrected chi connectivity index (χ3v) is 4.58. The zero-order chi connectivity index (χ0) is 15.1.